The molecule has 1 aromatic heterocycles. The normalized spacial score (nSPS) is 20.2. The summed E-state index contributed by atoms with van der Waals surface area (Å²) in [5.41, 5.74) is -1.02. The van der Waals surface area contributed by atoms with Crippen molar-refractivity contribution in [1.82, 2.24) is 14.8 Å². The van der Waals surface area contributed by atoms with Crippen molar-refractivity contribution in [3.8, 4) is 11.8 Å². The van der Waals surface area contributed by atoms with E-state index in [0.717, 1.165) is 19.3 Å². The van der Waals surface area contributed by atoms with Gasteiger partial charge in [0.05, 0.1) is 11.4 Å². The second-order valence-corrected chi connectivity index (χ2v) is 5.20. The lowest BCUT2D eigenvalue weighted by atomic mass is 9.93. The highest BCUT2D eigenvalue weighted by Gasteiger charge is 2.57. The zero-order valence-electron chi connectivity index (χ0n) is 9.86. The maximum Gasteiger partial charge on any atom is 0.137 e. The van der Waals surface area contributed by atoms with Crippen molar-refractivity contribution in [2.75, 3.05) is 0 Å². The molecule has 92 valence electrons. The topological polar surface area (TPSA) is 50.9 Å². The number of aromatic nitrogens is 3. The molecule has 1 saturated carbocycles. The molecule has 17 heavy (non-hydrogen) atoms. The standard InChI is InChI=1S/C12H16ClN3O/c1-2-3-4-5-12(17,11(13)6-7-11)8-16-10-14-9-15-16/h9-10,17H,2,5-8H2,1H3/t12-/m0/s1. The van der Waals surface area contributed by atoms with Crippen molar-refractivity contribution in [2.24, 2.45) is 0 Å². The summed E-state index contributed by atoms with van der Waals surface area (Å²) in [5.74, 6) is 5.96. The molecule has 2 rings (SSSR count). The van der Waals surface area contributed by atoms with Crippen LogP contribution in [-0.4, -0.2) is 30.3 Å². The van der Waals surface area contributed by atoms with E-state index in [9.17, 15) is 5.11 Å². The van der Waals surface area contributed by atoms with Crippen LogP contribution in [0.2, 0.25) is 0 Å². The minimum absolute atomic E-state index is 0.342. The molecule has 0 amide bonds. The van der Waals surface area contributed by atoms with Crippen LogP contribution < -0.4 is 0 Å². The zero-order chi connectivity index (χ0) is 12.4. The highest BCUT2D eigenvalue weighted by molar-refractivity contribution is 6.26. The van der Waals surface area contributed by atoms with E-state index in [-0.39, 0.29) is 0 Å². The number of hydrogen-bond acceptors (Lipinski definition) is 3. The van der Waals surface area contributed by atoms with Crippen LogP contribution in [0.1, 0.15) is 32.6 Å². The fourth-order valence-electron chi connectivity index (χ4n) is 1.85. The summed E-state index contributed by atoms with van der Waals surface area (Å²) in [6, 6.07) is 0. The Kier molecular flexibility index (Phi) is 3.41. The highest BCUT2D eigenvalue weighted by Crippen LogP contribution is 2.52. The van der Waals surface area contributed by atoms with Gasteiger partial charge in [-0.05, 0) is 12.8 Å². The van der Waals surface area contributed by atoms with Crippen LogP contribution in [0.25, 0.3) is 0 Å². The Hall–Kier alpha value is -1.05. The molecular weight excluding hydrogens is 238 g/mol. The van der Waals surface area contributed by atoms with E-state index >= 15 is 0 Å². The molecule has 0 unspecified atom stereocenters. The van der Waals surface area contributed by atoms with Gasteiger partial charge in [0, 0.05) is 12.8 Å². The van der Waals surface area contributed by atoms with Crippen LogP contribution in [0, 0.1) is 11.8 Å². The molecular formula is C12H16ClN3O. The first-order chi connectivity index (χ1) is 8.10. The van der Waals surface area contributed by atoms with Crippen molar-refractivity contribution in [2.45, 2.75) is 49.6 Å². The molecule has 0 aromatic carbocycles. The Bertz CT molecular complexity index is 430. The maximum atomic E-state index is 10.7. The SMILES string of the molecule is CCC#CC[C@](O)(Cn1cncn1)C1(Cl)CC1. The van der Waals surface area contributed by atoms with E-state index in [4.69, 9.17) is 11.6 Å². The van der Waals surface area contributed by atoms with Crippen LogP contribution in [0.15, 0.2) is 12.7 Å². The lowest BCUT2D eigenvalue weighted by Gasteiger charge is -2.30. The molecule has 1 fully saturated rings. The smallest absolute Gasteiger partial charge is 0.137 e. The Morgan fingerprint density at radius 3 is 2.82 bits per heavy atom. The van der Waals surface area contributed by atoms with Crippen molar-refractivity contribution in [1.29, 1.82) is 0 Å². The second-order valence-electron chi connectivity index (χ2n) is 4.47. The van der Waals surface area contributed by atoms with Gasteiger partial charge in [-0.25, -0.2) is 9.67 Å². The number of hydrogen-bond donors (Lipinski definition) is 1. The lowest BCUT2D eigenvalue weighted by molar-refractivity contribution is 0.0122. The first-order valence-electron chi connectivity index (χ1n) is 5.79. The average Bonchev–Trinajstić information content (AvgIpc) is 2.86. The number of nitrogens with zero attached hydrogens (tertiary/aromatic N) is 3. The van der Waals surface area contributed by atoms with E-state index in [2.05, 4.69) is 21.9 Å². The van der Waals surface area contributed by atoms with Crippen molar-refractivity contribution in [3.63, 3.8) is 0 Å². The van der Waals surface area contributed by atoms with Gasteiger partial charge in [0.15, 0.2) is 0 Å². The predicted octanol–water partition coefficient (Wildman–Crippen LogP) is 1.58. The van der Waals surface area contributed by atoms with Crippen LogP contribution in [0.3, 0.4) is 0 Å². The maximum absolute atomic E-state index is 10.7. The summed E-state index contributed by atoms with van der Waals surface area (Å²) in [5, 5.41) is 14.7. The molecule has 0 radical (unpaired) electrons. The highest BCUT2D eigenvalue weighted by atomic mass is 35.5. The van der Waals surface area contributed by atoms with E-state index < -0.39 is 10.5 Å². The fraction of sp³-hybridized carbons (Fsp3) is 0.667. The van der Waals surface area contributed by atoms with E-state index in [1.54, 1.807) is 11.0 Å². The van der Waals surface area contributed by atoms with Gasteiger partial charge in [0.2, 0.25) is 0 Å². The van der Waals surface area contributed by atoms with Crippen LogP contribution in [-0.2, 0) is 6.54 Å². The van der Waals surface area contributed by atoms with Crippen LogP contribution in [0.4, 0.5) is 0 Å². The first kappa shape index (κ1) is 12.4. The molecule has 1 aliphatic rings. The molecule has 5 heteroatoms. The average molecular weight is 254 g/mol. The molecule has 1 heterocycles. The summed E-state index contributed by atoms with van der Waals surface area (Å²) in [4.78, 5) is 3.33. The Balaban J connectivity index is 2.12. The Labute approximate surface area is 106 Å². The van der Waals surface area contributed by atoms with Gasteiger partial charge in [-0.1, -0.05) is 6.92 Å². The molecule has 0 saturated heterocycles. The zero-order valence-corrected chi connectivity index (χ0v) is 10.6. The molecule has 0 bridgehead atoms. The van der Waals surface area contributed by atoms with Gasteiger partial charge in [0.25, 0.3) is 0 Å². The summed E-state index contributed by atoms with van der Waals surface area (Å²) in [7, 11) is 0. The fourth-order valence-corrected chi connectivity index (χ4v) is 2.07. The van der Waals surface area contributed by atoms with Crippen LogP contribution >= 0.6 is 11.6 Å². The minimum atomic E-state index is -1.02. The van der Waals surface area contributed by atoms with Gasteiger partial charge in [-0.3, -0.25) is 0 Å². The number of aliphatic hydroxyl groups is 1. The van der Waals surface area contributed by atoms with Gasteiger partial charge in [-0.15, -0.1) is 23.4 Å². The van der Waals surface area contributed by atoms with E-state index in [0.29, 0.717) is 13.0 Å². The largest absolute Gasteiger partial charge is 0.385 e. The van der Waals surface area contributed by atoms with Crippen molar-refractivity contribution < 1.29 is 5.11 Å². The van der Waals surface area contributed by atoms with Gasteiger partial charge in [-0.2, -0.15) is 5.10 Å². The minimum Gasteiger partial charge on any atom is -0.385 e. The monoisotopic (exact) mass is 253 g/mol. The Morgan fingerprint density at radius 1 is 1.53 bits per heavy atom. The van der Waals surface area contributed by atoms with Gasteiger partial charge >= 0.3 is 0 Å². The molecule has 1 N–H and O–H groups in total. The summed E-state index contributed by atoms with van der Waals surface area (Å²) in [6.07, 6.45) is 5.85. The van der Waals surface area contributed by atoms with Crippen molar-refractivity contribution >= 4 is 11.6 Å². The van der Waals surface area contributed by atoms with Gasteiger partial charge < -0.3 is 5.11 Å². The lowest BCUT2D eigenvalue weighted by Crippen LogP contribution is -2.44. The third-order valence-corrected chi connectivity index (χ3v) is 3.83. The molecule has 1 aliphatic carbocycles. The molecule has 0 aliphatic heterocycles. The predicted molar refractivity (Wildman–Crippen MR) is 65.5 cm³/mol. The van der Waals surface area contributed by atoms with Crippen LogP contribution in [0.5, 0.6) is 0 Å². The first-order valence-corrected chi connectivity index (χ1v) is 6.17. The third kappa shape index (κ3) is 2.62. The Morgan fingerprint density at radius 2 is 2.29 bits per heavy atom. The molecule has 1 aromatic rings. The number of halogens is 1. The van der Waals surface area contributed by atoms with Gasteiger partial charge in [0.1, 0.15) is 18.3 Å². The summed E-state index contributed by atoms with van der Waals surface area (Å²) >= 11 is 6.37. The number of rotatable bonds is 4. The molecule has 0 spiro atoms. The number of alkyl halides is 1. The molecule has 4 nitrogen and oxygen atoms in total. The van der Waals surface area contributed by atoms with E-state index in [1.165, 1.54) is 6.33 Å². The summed E-state index contributed by atoms with van der Waals surface area (Å²) < 4.78 is 1.61. The van der Waals surface area contributed by atoms with E-state index in [1.807, 2.05) is 6.92 Å². The third-order valence-electron chi connectivity index (χ3n) is 3.10. The second kappa shape index (κ2) is 4.67. The summed E-state index contributed by atoms with van der Waals surface area (Å²) in [6.45, 7) is 2.33. The quantitative estimate of drug-likeness (QED) is 0.655. The molecule has 1 atom stereocenters. The van der Waals surface area contributed by atoms with Crippen molar-refractivity contribution in [3.05, 3.63) is 12.7 Å².